The number of nitrogens with zero attached hydrogens (tertiary/aromatic N) is 1. The average molecular weight is 331 g/mol. The number of halogens is 1. The quantitative estimate of drug-likeness (QED) is 0.530. The number of ether oxygens (including phenoxy) is 1. The van der Waals surface area contributed by atoms with Gasteiger partial charge in [0.2, 0.25) is 0 Å². The van der Waals surface area contributed by atoms with Crippen LogP contribution in [-0.4, -0.2) is 23.0 Å². The molecule has 0 aromatic carbocycles. The normalized spacial score (nSPS) is 10.6. The lowest BCUT2D eigenvalue weighted by Crippen LogP contribution is -2.10. The molecule has 0 amide bonds. The fraction of sp³-hybridized carbons (Fsp3) is 0.250. The fourth-order valence-corrected chi connectivity index (χ4v) is 3.54. The SMILES string of the molecule is COC(=O)c1cc(CSc2ncc(C)c(=O)[nH]2)c(Cl)s1. The van der Waals surface area contributed by atoms with Gasteiger partial charge in [-0.1, -0.05) is 23.4 Å². The molecule has 0 saturated heterocycles. The van der Waals surface area contributed by atoms with Gasteiger partial charge in [0.1, 0.15) is 4.88 Å². The Hall–Kier alpha value is -1.31. The Labute approximate surface area is 128 Å². The van der Waals surface area contributed by atoms with Crippen molar-refractivity contribution >= 4 is 40.7 Å². The van der Waals surface area contributed by atoms with Gasteiger partial charge in [-0.3, -0.25) is 4.79 Å². The first kappa shape index (κ1) is 15.1. The molecule has 0 saturated carbocycles. The van der Waals surface area contributed by atoms with Crippen LogP contribution < -0.4 is 5.56 Å². The van der Waals surface area contributed by atoms with Gasteiger partial charge in [-0.05, 0) is 18.6 Å². The van der Waals surface area contributed by atoms with Crippen LogP contribution in [0.25, 0.3) is 0 Å². The number of aromatic nitrogens is 2. The fourth-order valence-electron chi connectivity index (χ4n) is 1.37. The second-order valence-electron chi connectivity index (χ2n) is 3.89. The molecule has 20 heavy (non-hydrogen) atoms. The summed E-state index contributed by atoms with van der Waals surface area (Å²) in [6.07, 6.45) is 1.52. The highest BCUT2D eigenvalue weighted by Crippen LogP contribution is 2.32. The number of thioether (sulfide) groups is 1. The van der Waals surface area contributed by atoms with Crippen LogP contribution in [0.2, 0.25) is 4.34 Å². The number of thiophene rings is 1. The molecule has 0 unspecified atom stereocenters. The molecular formula is C12H11ClN2O3S2. The number of carbonyl (C=O) groups excluding carboxylic acids is 1. The van der Waals surface area contributed by atoms with Gasteiger partial charge in [0.25, 0.3) is 5.56 Å². The second-order valence-corrected chi connectivity index (χ2v) is 6.51. The predicted molar refractivity (Wildman–Crippen MR) is 79.8 cm³/mol. The van der Waals surface area contributed by atoms with Crippen LogP contribution in [0.15, 0.2) is 22.2 Å². The van der Waals surface area contributed by atoms with Crippen LogP contribution in [-0.2, 0) is 10.5 Å². The minimum Gasteiger partial charge on any atom is -0.465 e. The first-order valence-electron chi connectivity index (χ1n) is 5.56. The Morgan fingerprint density at radius 1 is 1.60 bits per heavy atom. The molecule has 2 aromatic rings. The molecular weight excluding hydrogens is 320 g/mol. The molecule has 0 bridgehead atoms. The van der Waals surface area contributed by atoms with Crippen LogP contribution in [0, 0.1) is 6.92 Å². The van der Waals surface area contributed by atoms with E-state index >= 15 is 0 Å². The summed E-state index contributed by atoms with van der Waals surface area (Å²) in [5.74, 6) is 0.105. The highest BCUT2D eigenvalue weighted by molar-refractivity contribution is 7.98. The summed E-state index contributed by atoms with van der Waals surface area (Å²) in [6.45, 7) is 1.69. The molecule has 2 heterocycles. The third-order valence-corrected chi connectivity index (χ3v) is 4.82. The monoisotopic (exact) mass is 330 g/mol. The Morgan fingerprint density at radius 3 is 3.00 bits per heavy atom. The first-order chi connectivity index (χ1) is 9.51. The predicted octanol–water partition coefficient (Wildman–Crippen LogP) is 2.87. The molecule has 0 fully saturated rings. The number of carbonyl (C=O) groups is 1. The van der Waals surface area contributed by atoms with Gasteiger partial charge in [0, 0.05) is 17.5 Å². The highest BCUT2D eigenvalue weighted by atomic mass is 35.5. The summed E-state index contributed by atoms with van der Waals surface area (Å²) in [5.41, 5.74) is 1.22. The number of hydrogen-bond acceptors (Lipinski definition) is 6. The van der Waals surface area contributed by atoms with Crippen LogP contribution in [0.1, 0.15) is 20.8 Å². The van der Waals surface area contributed by atoms with Crippen molar-refractivity contribution in [1.29, 1.82) is 0 Å². The summed E-state index contributed by atoms with van der Waals surface area (Å²) >= 11 is 8.59. The van der Waals surface area contributed by atoms with Gasteiger partial charge in [-0.2, -0.15) is 0 Å². The molecule has 0 atom stereocenters. The van der Waals surface area contributed by atoms with Crippen LogP contribution in [0.3, 0.4) is 0 Å². The number of hydrogen-bond donors (Lipinski definition) is 1. The van der Waals surface area contributed by atoms with Gasteiger partial charge >= 0.3 is 5.97 Å². The van der Waals surface area contributed by atoms with E-state index in [0.717, 1.165) is 5.56 Å². The molecule has 0 aliphatic heterocycles. The summed E-state index contributed by atoms with van der Waals surface area (Å²) < 4.78 is 5.18. The van der Waals surface area contributed by atoms with Gasteiger partial charge in [-0.15, -0.1) is 11.3 Å². The topological polar surface area (TPSA) is 72.0 Å². The standard InChI is InChI=1S/C12H11ClN2O3S2/c1-6-4-14-12(15-10(6)16)19-5-7-3-8(11(17)18-2)20-9(7)13/h3-4H,5H2,1-2H3,(H,14,15,16). The van der Waals surface area contributed by atoms with Crippen LogP contribution in [0.4, 0.5) is 0 Å². The number of nitrogens with one attached hydrogen (secondary N) is 1. The van der Waals surface area contributed by atoms with Gasteiger partial charge in [0.05, 0.1) is 11.4 Å². The molecule has 106 valence electrons. The van der Waals surface area contributed by atoms with Crippen molar-refractivity contribution in [3.63, 3.8) is 0 Å². The van der Waals surface area contributed by atoms with Crippen LogP contribution in [0.5, 0.6) is 0 Å². The number of H-pyrrole nitrogens is 1. The zero-order valence-electron chi connectivity index (χ0n) is 10.7. The number of methoxy groups -OCH3 is 1. The average Bonchev–Trinajstić information content (AvgIpc) is 2.80. The maximum atomic E-state index is 11.5. The lowest BCUT2D eigenvalue weighted by Gasteiger charge is -2.00. The molecule has 5 nitrogen and oxygen atoms in total. The Bertz CT molecular complexity index is 696. The smallest absolute Gasteiger partial charge is 0.348 e. The molecule has 2 rings (SSSR count). The van der Waals surface area contributed by atoms with Crippen molar-refractivity contribution in [3.05, 3.63) is 43.0 Å². The van der Waals surface area contributed by atoms with Gasteiger partial charge < -0.3 is 9.72 Å². The molecule has 1 N–H and O–H groups in total. The maximum Gasteiger partial charge on any atom is 0.348 e. The van der Waals surface area contributed by atoms with E-state index in [0.29, 0.717) is 25.7 Å². The van der Waals surface area contributed by atoms with Crippen molar-refractivity contribution in [2.75, 3.05) is 7.11 Å². The molecule has 2 aromatic heterocycles. The number of esters is 1. The lowest BCUT2D eigenvalue weighted by atomic mass is 10.3. The second kappa shape index (κ2) is 6.43. The minimum atomic E-state index is -0.407. The van der Waals surface area contributed by atoms with Crippen molar-refractivity contribution in [1.82, 2.24) is 9.97 Å². The summed E-state index contributed by atoms with van der Waals surface area (Å²) in [7, 11) is 1.32. The zero-order valence-corrected chi connectivity index (χ0v) is 13.1. The third-order valence-electron chi connectivity index (χ3n) is 2.46. The van der Waals surface area contributed by atoms with E-state index in [1.807, 2.05) is 0 Å². The third kappa shape index (κ3) is 3.41. The largest absolute Gasteiger partial charge is 0.465 e. The van der Waals surface area contributed by atoms with Crippen LogP contribution >= 0.6 is 34.7 Å². The minimum absolute atomic E-state index is 0.158. The van der Waals surface area contributed by atoms with E-state index < -0.39 is 5.97 Å². The summed E-state index contributed by atoms with van der Waals surface area (Å²) in [4.78, 5) is 30.1. The highest BCUT2D eigenvalue weighted by Gasteiger charge is 2.14. The number of aromatic amines is 1. The maximum absolute atomic E-state index is 11.5. The first-order valence-corrected chi connectivity index (χ1v) is 7.74. The van der Waals surface area contributed by atoms with Crippen molar-refractivity contribution in [2.45, 2.75) is 17.8 Å². The van der Waals surface area contributed by atoms with Gasteiger partial charge in [-0.25, -0.2) is 9.78 Å². The Kier molecular flexibility index (Phi) is 4.85. The Balaban J connectivity index is 2.10. The molecule has 0 aliphatic carbocycles. The summed E-state index contributed by atoms with van der Waals surface area (Å²) in [5, 5.41) is 0.516. The Morgan fingerprint density at radius 2 is 2.35 bits per heavy atom. The number of aryl methyl sites for hydroxylation is 1. The number of rotatable bonds is 4. The lowest BCUT2D eigenvalue weighted by molar-refractivity contribution is 0.0606. The van der Waals surface area contributed by atoms with Crippen molar-refractivity contribution in [2.24, 2.45) is 0 Å². The van der Waals surface area contributed by atoms with E-state index in [2.05, 4.69) is 14.7 Å². The molecule has 0 radical (unpaired) electrons. The zero-order chi connectivity index (χ0) is 14.7. The van der Waals surface area contributed by atoms with Crippen molar-refractivity contribution in [3.8, 4) is 0 Å². The van der Waals surface area contributed by atoms with E-state index in [1.165, 1.54) is 36.4 Å². The molecule has 0 aliphatic rings. The molecule has 8 heteroatoms. The van der Waals surface area contributed by atoms with E-state index in [1.54, 1.807) is 13.0 Å². The van der Waals surface area contributed by atoms with Gasteiger partial charge in [0.15, 0.2) is 5.16 Å². The molecule has 0 spiro atoms. The van der Waals surface area contributed by atoms with E-state index in [4.69, 9.17) is 11.6 Å². The van der Waals surface area contributed by atoms with E-state index in [9.17, 15) is 9.59 Å². The van der Waals surface area contributed by atoms with E-state index in [-0.39, 0.29) is 5.56 Å². The summed E-state index contributed by atoms with van der Waals surface area (Å²) in [6, 6.07) is 1.69. The van der Waals surface area contributed by atoms with Crippen molar-refractivity contribution < 1.29 is 9.53 Å².